The number of nitrogens with one attached hydrogen (secondary N) is 1. The van der Waals surface area contributed by atoms with Gasteiger partial charge in [0.15, 0.2) is 15.8 Å². The molecule has 1 aromatic heterocycles. The lowest BCUT2D eigenvalue weighted by molar-refractivity contribution is -0.113. The van der Waals surface area contributed by atoms with Crippen LogP contribution in [0.2, 0.25) is 0 Å². The molecule has 1 heterocycles. The molecule has 0 aliphatic heterocycles. The van der Waals surface area contributed by atoms with Crippen molar-refractivity contribution in [3.8, 4) is 22.8 Å². The number of carbonyl (C=O) groups is 1. The lowest BCUT2D eigenvalue weighted by atomic mass is 10.1. The van der Waals surface area contributed by atoms with Crippen LogP contribution in [0.15, 0.2) is 52.2 Å². The van der Waals surface area contributed by atoms with E-state index < -0.39 is 0 Å². The highest BCUT2D eigenvalue weighted by atomic mass is 32.2. The van der Waals surface area contributed by atoms with E-state index in [0.717, 1.165) is 15.6 Å². The number of methoxy groups -OCH3 is 2. The first-order valence-electron chi connectivity index (χ1n) is 8.26. The van der Waals surface area contributed by atoms with Crippen LogP contribution < -0.4 is 14.8 Å². The summed E-state index contributed by atoms with van der Waals surface area (Å²) >= 11 is 2.97. The SMILES string of the molecule is COc1ccc(NC(=O)CSc2nc(-c3ccc(C)cc3)cs2)cc1OC. The number of hydrogen-bond donors (Lipinski definition) is 1. The highest BCUT2D eigenvalue weighted by molar-refractivity contribution is 8.01. The molecule has 0 saturated carbocycles. The minimum Gasteiger partial charge on any atom is -0.493 e. The first-order valence-corrected chi connectivity index (χ1v) is 10.1. The monoisotopic (exact) mass is 400 g/mol. The van der Waals surface area contributed by atoms with E-state index in [1.165, 1.54) is 17.3 Å². The molecule has 0 aliphatic carbocycles. The highest BCUT2D eigenvalue weighted by Crippen LogP contribution is 2.31. The second kappa shape index (κ2) is 8.92. The van der Waals surface area contributed by atoms with Crippen molar-refractivity contribution >= 4 is 34.7 Å². The summed E-state index contributed by atoms with van der Waals surface area (Å²) in [5.74, 6) is 1.39. The second-order valence-corrected chi connectivity index (χ2v) is 7.85. The Balaban J connectivity index is 1.57. The molecule has 0 saturated heterocycles. The Labute approximate surface area is 166 Å². The van der Waals surface area contributed by atoms with Gasteiger partial charge in [-0.15, -0.1) is 11.3 Å². The van der Waals surface area contributed by atoms with Crippen LogP contribution in [0, 0.1) is 6.92 Å². The first-order chi connectivity index (χ1) is 13.1. The normalized spacial score (nSPS) is 10.5. The minimum atomic E-state index is -0.0979. The molecule has 2 aromatic carbocycles. The van der Waals surface area contributed by atoms with Crippen LogP contribution in [-0.2, 0) is 4.79 Å². The molecule has 5 nitrogen and oxygen atoms in total. The molecule has 1 amide bonds. The summed E-state index contributed by atoms with van der Waals surface area (Å²) in [6.45, 7) is 2.06. The fourth-order valence-electron chi connectivity index (χ4n) is 2.42. The fourth-order valence-corrected chi connectivity index (χ4v) is 4.05. The van der Waals surface area contributed by atoms with Gasteiger partial charge in [-0.05, 0) is 19.1 Å². The van der Waals surface area contributed by atoms with Gasteiger partial charge in [-0.2, -0.15) is 0 Å². The van der Waals surface area contributed by atoms with Gasteiger partial charge in [0.25, 0.3) is 0 Å². The van der Waals surface area contributed by atoms with Crippen molar-refractivity contribution in [1.29, 1.82) is 0 Å². The van der Waals surface area contributed by atoms with Crippen molar-refractivity contribution in [2.45, 2.75) is 11.3 Å². The van der Waals surface area contributed by atoms with Gasteiger partial charge < -0.3 is 14.8 Å². The maximum atomic E-state index is 12.2. The van der Waals surface area contributed by atoms with Crippen molar-refractivity contribution in [2.75, 3.05) is 25.3 Å². The summed E-state index contributed by atoms with van der Waals surface area (Å²) in [6.07, 6.45) is 0. The number of aromatic nitrogens is 1. The molecule has 0 bridgehead atoms. The third-order valence-electron chi connectivity index (χ3n) is 3.82. The third kappa shape index (κ3) is 5.02. The Morgan fingerprint density at radius 1 is 1.11 bits per heavy atom. The number of benzene rings is 2. The van der Waals surface area contributed by atoms with Gasteiger partial charge in [0, 0.05) is 22.7 Å². The molecule has 27 heavy (non-hydrogen) atoms. The second-order valence-electron chi connectivity index (χ2n) is 5.77. The van der Waals surface area contributed by atoms with Crippen molar-refractivity contribution in [1.82, 2.24) is 4.98 Å². The van der Waals surface area contributed by atoms with Crippen LogP contribution in [0.4, 0.5) is 5.69 Å². The zero-order valence-electron chi connectivity index (χ0n) is 15.3. The lowest BCUT2D eigenvalue weighted by Crippen LogP contribution is -2.14. The summed E-state index contributed by atoms with van der Waals surface area (Å²) in [5, 5.41) is 4.88. The van der Waals surface area contributed by atoms with Crippen molar-refractivity contribution in [3.63, 3.8) is 0 Å². The number of hydrogen-bond acceptors (Lipinski definition) is 6. The van der Waals surface area contributed by atoms with Crippen molar-refractivity contribution in [2.24, 2.45) is 0 Å². The van der Waals surface area contributed by atoms with Gasteiger partial charge in [-0.1, -0.05) is 41.6 Å². The van der Waals surface area contributed by atoms with Gasteiger partial charge in [0.2, 0.25) is 5.91 Å². The molecular weight excluding hydrogens is 380 g/mol. The largest absolute Gasteiger partial charge is 0.493 e. The number of amides is 1. The maximum absolute atomic E-state index is 12.2. The van der Waals surface area contributed by atoms with E-state index in [-0.39, 0.29) is 11.7 Å². The first kappa shape index (κ1) is 19.3. The smallest absolute Gasteiger partial charge is 0.234 e. The Bertz CT molecular complexity index is 923. The Hall–Kier alpha value is -2.51. The Morgan fingerprint density at radius 2 is 1.85 bits per heavy atom. The minimum absolute atomic E-state index is 0.0979. The summed E-state index contributed by atoms with van der Waals surface area (Å²) in [7, 11) is 3.14. The maximum Gasteiger partial charge on any atom is 0.234 e. The summed E-state index contributed by atoms with van der Waals surface area (Å²) in [5.41, 5.74) is 3.90. The standard InChI is InChI=1S/C20H20N2O3S2/c1-13-4-6-14(7-5-13)16-11-26-20(22-16)27-12-19(23)21-15-8-9-17(24-2)18(10-15)25-3/h4-11H,12H2,1-3H3,(H,21,23). The zero-order valence-corrected chi connectivity index (χ0v) is 16.9. The quantitative estimate of drug-likeness (QED) is 0.574. The molecule has 0 atom stereocenters. The predicted octanol–water partition coefficient (Wildman–Crippen LogP) is 4.87. The van der Waals surface area contributed by atoms with E-state index in [4.69, 9.17) is 9.47 Å². The van der Waals surface area contributed by atoms with Gasteiger partial charge in [0.1, 0.15) is 0 Å². The van der Waals surface area contributed by atoms with E-state index in [2.05, 4.69) is 41.5 Å². The number of nitrogens with zero attached hydrogens (tertiary/aromatic N) is 1. The van der Waals surface area contributed by atoms with E-state index in [9.17, 15) is 4.79 Å². The number of thioether (sulfide) groups is 1. The fraction of sp³-hybridized carbons (Fsp3) is 0.200. The predicted molar refractivity (Wildman–Crippen MR) is 111 cm³/mol. The van der Waals surface area contributed by atoms with Crippen LogP contribution >= 0.6 is 23.1 Å². The van der Waals surface area contributed by atoms with Crippen LogP contribution in [0.5, 0.6) is 11.5 Å². The summed E-state index contributed by atoms with van der Waals surface area (Å²) in [6, 6.07) is 13.5. The zero-order chi connectivity index (χ0) is 19.2. The molecule has 1 N–H and O–H groups in total. The van der Waals surface area contributed by atoms with Crippen LogP contribution in [0.1, 0.15) is 5.56 Å². The topological polar surface area (TPSA) is 60.5 Å². The van der Waals surface area contributed by atoms with Crippen LogP contribution in [0.25, 0.3) is 11.3 Å². The van der Waals surface area contributed by atoms with Crippen LogP contribution in [-0.4, -0.2) is 30.9 Å². The van der Waals surface area contributed by atoms with E-state index in [1.807, 2.05) is 5.38 Å². The summed E-state index contributed by atoms with van der Waals surface area (Å²) < 4.78 is 11.3. The number of ether oxygens (including phenoxy) is 2. The van der Waals surface area contributed by atoms with Crippen molar-refractivity contribution in [3.05, 3.63) is 53.4 Å². The van der Waals surface area contributed by atoms with Gasteiger partial charge in [-0.3, -0.25) is 4.79 Å². The average Bonchev–Trinajstić information content (AvgIpc) is 3.16. The number of carbonyl (C=O) groups excluding carboxylic acids is 1. The van der Waals surface area contributed by atoms with Gasteiger partial charge in [0.05, 0.1) is 25.7 Å². The van der Waals surface area contributed by atoms with E-state index >= 15 is 0 Å². The lowest BCUT2D eigenvalue weighted by Gasteiger charge is -2.10. The Kier molecular flexibility index (Phi) is 6.36. The van der Waals surface area contributed by atoms with E-state index in [1.54, 1.807) is 43.8 Å². The number of aryl methyl sites for hydroxylation is 1. The molecule has 3 rings (SSSR count). The molecule has 0 radical (unpaired) electrons. The average molecular weight is 401 g/mol. The molecule has 0 spiro atoms. The molecule has 7 heteroatoms. The van der Waals surface area contributed by atoms with Crippen molar-refractivity contribution < 1.29 is 14.3 Å². The molecule has 3 aromatic rings. The number of anilines is 1. The Morgan fingerprint density at radius 3 is 2.56 bits per heavy atom. The highest BCUT2D eigenvalue weighted by Gasteiger charge is 2.10. The van der Waals surface area contributed by atoms with Crippen LogP contribution in [0.3, 0.4) is 0 Å². The van der Waals surface area contributed by atoms with Gasteiger partial charge in [-0.25, -0.2) is 4.98 Å². The van der Waals surface area contributed by atoms with E-state index in [0.29, 0.717) is 17.2 Å². The molecule has 0 unspecified atom stereocenters. The van der Waals surface area contributed by atoms with Gasteiger partial charge >= 0.3 is 0 Å². The number of rotatable bonds is 7. The molecular formula is C20H20N2O3S2. The number of thiazole rings is 1. The molecule has 0 aliphatic rings. The summed E-state index contributed by atoms with van der Waals surface area (Å²) in [4.78, 5) is 16.8. The third-order valence-corrected chi connectivity index (χ3v) is 5.85. The molecule has 0 fully saturated rings. The molecule has 140 valence electrons.